The lowest BCUT2D eigenvalue weighted by atomic mass is 10.1. The van der Waals surface area contributed by atoms with E-state index in [4.69, 9.17) is 21.1 Å². The van der Waals surface area contributed by atoms with Gasteiger partial charge in [-0.2, -0.15) is 4.98 Å². The van der Waals surface area contributed by atoms with E-state index in [0.717, 1.165) is 37.6 Å². The molecule has 4 N–H and O–H groups in total. The van der Waals surface area contributed by atoms with Gasteiger partial charge in [0.1, 0.15) is 10.8 Å². The van der Waals surface area contributed by atoms with Crippen LogP contribution in [0.25, 0.3) is 0 Å². The number of carbonyl (C=O) groups is 1. The second kappa shape index (κ2) is 12.6. The van der Waals surface area contributed by atoms with Gasteiger partial charge in [-0.3, -0.25) is 4.79 Å². The fourth-order valence-corrected chi connectivity index (χ4v) is 5.00. The number of aromatic nitrogens is 2. The second-order valence-corrected chi connectivity index (χ2v) is 10.1. The third-order valence-electron chi connectivity index (χ3n) is 7.11. The molecule has 2 saturated heterocycles. The minimum atomic E-state index is -0.278. The van der Waals surface area contributed by atoms with Gasteiger partial charge >= 0.3 is 0 Å². The quantitative estimate of drug-likeness (QED) is 0.319. The van der Waals surface area contributed by atoms with Crippen molar-refractivity contribution in [1.82, 2.24) is 15.3 Å². The van der Waals surface area contributed by atoms with Gasteiger partial charge in [0.2, 0.25) is 5.95 Å². The zero-order valence-electron chi connectivity index (χ0n) is 22.6. The van der Waals surface area contributed by atoms with Crippen LogP contribution in [-0.4, -0.2) is 80.6 Å². The molecule has 2 aromatic carbocycles. The largest absolute Gasteiger partial charge is 0.495 e. The molecule has 0 saturated carbocycles. The number of nitrogens with zero attached hydrogens (tertiary/aromatic N) is 4. The summed E-state index contributed by atoms with van der Waals surface area (Å²) in [5.41, 5.74) is 3.67. The maximum Gasteiger partial charge on any atom is 0.253 e. The predicted molar refractivity (Wildman–Crippen MR) is 157 cm³/mol. The highest BCUT2D eigenvalue weighted by atomic mass is 35.5. The first-order chi connectivity index (χ1) is 19.4. The van der Waals surface area contributed by atoms with Crippen molar-refractivity contribution < 1.29 is 19.4 Å². The molecule has 5 rings (SSSR count). The Hall–Kier alpha value is -3.80. The van der Waals surface area contributed by atoms with Gasteiger partial charge in [0, 0.05) is 44.6 Å². The van der Waals surface area contributed by atoms with Crippen LogP contribution in [-0.2, 0) is 4.74 Å². The fourth-order valence-electron chi connectivity index (χ4n) is 4.86. The van der Waals surface area contributed by atoms with E-state index in [1.165, 1.54) is 6.20 Å². The zero-order chi connectivity index (χ0) is 28.1. The van der Waals surface area contributed by atoms with Crippen molar-refractivity contribution in [2.24, 2.45) is 0 Å². The van der Waals surface area contributed by atoms with Crippen molar-refractivity contribution in [3.8, 4) is 5.75 Å². The molecule has 11 nitrogen and oxygen atoms in total. The lowest BCUT2D eigenvalue weighted by Crippen LogP contribution is -2.36. The molecule has 12 heteroatoms. The number of ether oxygens (including phenoxy) is 2. The normalized spacial score (nSPS) is 16.0. The summed E-state index contributed by atoms with van der Waals surface area (Å²) in [6, 6.07) is 11.5. The van der Waals surface area contributed by atoms with Gasteiger partial charge in [-0.1, -0.05) is 11.6 Å². The van der Waals surface area contributed by atoms with Crippen molar-refractivity contribution in [1.29, 1.82) is 0 Å². The number of aliphatic hydroxyl groups is 1. The summed E-state index contributed by atoms with van der Waals surface area (Å²) < 4.78 is 11.0. The Balaban J connectivity index is 1.40. The van der Waals surface area contributed by atoms with Crippen molar-refractivity contribution >= 4 is 52.0 Å². The van der Waals surface area contributed by atoms with E-state index in [1.54, 1.807) is 14.2 Å². The number of hydrogen-bond acceptors (Lipinski definition) is 10. The van der Waals surface area contributed by atoms with Gasteiger partial charge in [-0.15, -0.1) is 0 Å². The highest BCUT2D eigenvalue weighted by Gasteiger charge is 2.21. The van der Waals surface area contributed by atoms with Crippen molar-refractivity contribution in [3.63, 3.8) is 0 Å². The van der Waals surface area contributed by atoms with Gasteiger partial charge in [-0.05, 0) is 49.2 Å². The van der Waals surface area contributed by atoms with E-state index in [0.29, 0.717) is 65.5 Å². The predicted octanol–water partition coefficient (Wildman–Crippen LogP) is 3.78. The SMILES string of the molecule is CNC(=O)c1cc(N2CCC(O)CC2)ccc1Nc1nc(Nc2cc(N3CCOCC3)ccc2OC)ncc1Cl. The third kappa shape index (κ3) is 6.33. The van der Waals surface area contributed by atoms with Crippen molar-refractivity contribution in [2.75, 3.05) is 74.0 Å². The van der Waals surface area contributed by atoms with Gasteiger partial charge in [0.15, 0.2) is 5.82 Å². The standard InChI is InChI=1S/C28H34ClN7O4/c1-30-27(38)21-15-18(35-9-7-20(37)8-10-35)3-5-23(21)32-26-22(29)17-31-28(34-26)33-24-16-19(4-6-25(24)39-2)36-11-13-40-14-12-36/h3-6,15-17,20,37H,7-14H2,1-2H3,(H,30,38)(H2,31,32,33,34). The molecule has 0 aliphatic carbocycles. The molecule has 3 heterocycles. The summed E-state index contributed by atoms with van der Waals surface area (Å²) >= 11 is 6.48. The summed E-state index contributed by atoms with van der Waals surface area (Å²) in [5, 5.41) is 19.3. The summed E-state index contributed by atoms with van der Waals surface area (Å²) in [6.45, 7) is 4.44. The van der Waals surface area contributed by atoms with E-state index in [9.17, 15) is 9.90 Å². The smallest absolute Gasteiger partial charge is 0.253 e. The number of hydrogen-bond donors (Lipinski definition) is 4. The molecule has 2 aliphatic heterocycles. The number of nitrogens with one attached hydrogen (secondary N) is 3. The third-order valence-corrected chi connectivity index (χ3v) is 7.38. The van der Waals surface area contributed by atoms with Gasteiger partial charge in [0.05, 0.1) is 49.6 Å². The van der Waals surface area contributed by atoms with E-state index in [2.05, 4.69) is 35.7 Å². The average molecular weight is 568 g/mol. The van der Waals surface area contributed by atoms with Gasteiger partial charge in [-0.25, -0.2) is 4.98 Å². The molecule has 1 amide bonds. The second-order valence-electron chi connectivity index (χ2n) is 9.65. The van der Waals surface area contributed by atoms with E-state index < -0.39 is 0 Å². The van der Waals surface area contributed by atoms with Crippen LogP contribution < -0.4 is 30.5 Å². The molecule has 212 valence electrons. The van der Waals surface area contributed by atoms with Crippen LogP contribution in [0, 0.1) is 0 Å². The molecule has 0 spiro atoms. The first kappa shape index (κ1) is 27.8. The number of methoxy groups -OCH3 is 1. The lowest BCUT2D eigenvalue weighted by molar-refractivity contribution is 0.0963. The first-order valence-corrected chi connectivity index (χ1v) is 13.7. The summed E-state index contributed by atoms with van der Waals surface area (Å²) in [6.07, 6.45) is 2.62. The zero-order valence-corrected chi connectivity index (χ0v) is 23.4. The number of benzene rings is 2. The van der Waals surface area contributed by atoms with Crippen LogP contribution in [0.3, 0.4) is 0 Å². The number of aliphatic hydroxyl groups excluding tert-OH is 1. The Morgan fingerprint density at radius 2 is 1.73 bits per heavy atom. The number of carbonyl (C=O) groups excluding carboxylic acids is 1. The molecule has 3 aromatic rings. The molecule has 2 fully saturated rings. The van der Waals surface area contributed by atoms with Crippen LogP contribution in [0.15, 0.2) is 42.6 Å². The van der Waals surface area contributed by atoms with Gasteiger partial charge in [0.25, 0.3) is 5.91 Å². The Morgan fingerprint density at radius 3 is 2.45 bits per heavy atom. The van der Waals surface area contributed by atoms with Crippen LogP contribution >= 0.6 is 11.6 Å². The Kier molecular flexibility index (Phi) is 8.73. The number of morpholine rings is 1. The molecular formula is C28H34ClN7O4. The summed E-state index contributed by atoms with van der Waals surface area (Å²) in [5.74, 6) is 1.07. The molecule has 0 atom stereocenters. The minimum absolute atomic E-state index is 0.241. The van der Waals surface area contributed by atoms with Crippen molar-refractivity contribution in [3.05, 3.63) is 53.2 Å². The highest BCUT2D eigenvalue weighted by Crippen LogP contribution is 2.34. The van der Waals surface area contributed by atoms with Crippen LogP contribution in [0.1, 0.15) is 23.2 Å². The fraction of sp³-hybridized carbons (Fsp3) is 0.393. The highest BCUT2D eigenvalue weighted by molar-refractivity contribution is 6.33. The molecule has 0 unspecified atom stereocenters. The minimum Gasteiger partial charge on any atom is -0.495 e. The van der Waals surface area contributed by atoms with Crippen LogP contribution in [0.2, 0.25) is 5.02 Å². The maximum atomic E-state index is 12.8. The van der Waals surface area contributed by atoms with Crippen LogP contribution in [0.5, 0.6) is 5.75 Å². The molecular weight excluding hydrogens is 534 g/mol. The molecule has 0 radical (unpaired) electrons. The van der Waals surface area contributed by atoms with Gasteiger partial charge < -0.3 is 40.3 Å². The Bertz CT molecular complexity index is 1340. The van der Waals surface area contributed by atoms with Crippen molar-refractivity contribution in [2.45, 2.75) is 18.9 Å². The molecule has 2 aliphatic rings. The number of anilines is 6. The Morgan fingerprint density at radius 1 is 1.02 bits per heavy atom. The molecule has 1 aromatic heterocycles. The molecule has 0 bridgehead atoms. The lowest BCUT2D eigenvalue weighted by Gasteiger charge is -2.32. The van der Waals surface area contributed by atoms with E-state index in [1.807, 2.05) is 36.4 Å². The topological polar surface area (TPSA) is 124 Å². The Labute approximate surface area is 238 Å². The number of halogens is 1. The maximum absolute atomic E-state index is 12.8. The first-order valence-electron chi connectivity index (χ1n) is 13.3. The number of rotatable bonds is 8. The number of piperidine rings is 1. The number of amides is 1. The van der Waals surface area contributed by atoms with E-state index in [-0.39, 0.29) is 12.0 Å². The van der Waals surface area contributed by atoms with E-state index >= 15 is 0 Å². The molecule has 40 heavy (non-hydrogen) atoms. The summed E-state index contributed by atoms with van der Waals surface area (Å²) in [7, 11) is 3.20. The monoisotopic (exact) mass is 567 g/mol. The summed E-state index contributed by atoms with van der Waals surface area (Å²) in [4.78, 5) is 26.2. The van der Waals surface area contributed by atoms with Crippen LogP contribution in [0.4, 0.5) is 34.5 Å². The average Bonchev–Trinajstić information content (AvgIpc) is 2.99.